The van der Waals surface area contributed by atoms with Crippen molar-refractivity contribution in [2.45, 2.75) is 12.8 Å². The van der Waals surface area contributed by atoms with Gasteiger partial charge in [-0.3, -0.25) is 4.79 Å². The standard InChI is InChI=1S/C6H8O3S/c1-4(6(8)9)2-3-5(7)10/h1-3H2,(H,7,10)(H,8,9). The van der Waals surface area contributed by atoms with Crippen molar-refractivity contribution in [2.75, 3.05) is 0 Å². The van der Waals surface area contributed by atoms with Gasteiger partial charge in [0.05, 0.1) is 0 Å². The molecule has 0 aromatic carbocycles. The van der Waals surface area contributed by atoms with Crippen molar-refractivity contribution >= 4 is 23.7 Å². The number of aliphatic carboxylic acids is 1. The molecule has 10 heavy (non-hydrogen) atoms. The highest BCUT2D eigenvalue weighted by Crippen LogP contribution is 2.03. The van der Waals surface area contributed by atoms with Crippen LogP contribution in [-0.4, -0.2) is 16.2 Å². The molecule has 0 atom stereocenters. The lowest BCUT2D eigenvalue weighted by Gasteiger charge is -1.94. The third-order valence-electron chi connectivity index (χ3n) is 0.943. The molecule has 0 fully saturated rings. The van der Waals surface area contributed by atoms with Crippen molar-refractivity contribution in [2.24, 2.45) is 0 Å². The minimum Gasteiger partial charge on any atom is -0.478 e. The maximum absolute atomic E-state index is 10.2. The number of carbonyl (C=O) groups is 2. The van der Waals surface area contributed by atoms with Gasteiger partial charge in [0.15, 0.2) is 5.12 Å². The summed E-state index contributed by atoms with van der Waals surface area (Å²) in [7, 11) is 0. The van der Waals surface area contributed by atoms with Crippen LogP contribution < -0.4 is 0 Å². The van der Waals surface area contributed by atoms with Crippen LogP contribution in [-0.2, 0) is 9.59 Å². The SMILES string of the molecule is C=C(CCC(=O)S)C(=O)O. The molecule has 0 aliphatic carbocycles. The molecular formula is C6H8O3S. The van der Waals surface area contributed by atoms with E-state index in [1.807, 2.05) is 0 Å². The smallest absolute Gasteiger partial charge is 0.330 e. The van der Waals surface area contributed by atoms with Crippen LogP contribution in [0.5, 0.6) is 0 Å². The largest absolute Gasteiger partial charge is 0.478 e. The van der Waals surface area contributed by atoms with E-state index >= 15 is 0 Å². The van der Waals surface area contributed by atoms with Gasteiger partial charge in [0.25, 0.3) is 0 Å². The molecular weight excluding hydrogens is 152 g/mol. The van der Waals surface area contributed by atoms with E-state index in [1.165, 1.54) is 0 Å². The van der Waals surface area contributed by atoms with Crippen molar-refractivity contribution in [3.05, 3.63) is 12.2 Å². The molecule has 0 aromatic heterocycles. The van der Waals surface area contributed by atoms with E-state index in [9.17, 15) is 9.59 Å². The summed E-state index contributed by atoms with van der Waals surface area (Å²) >= 11 is 3.47. The van der Waals surface area contributed by atoms with Crippen molar-refractivity contribution in [1.82, 2.24) is 0 Å². The maximum Gasteiger partial charge on any atom is 0.330 e. The van der Waals surface area contributed by atoms with Crippen molar-refractivity contribution in [1.29, 1.82) is 0 Å². The molecule has 0 bridgehead atoms. The van der Waals surface area contributed by atoms with Gasteiger partial charge in [-0.2, -0.15) is 0 Å². The van der Waals surface area contributed by atoms with Crippen molar-refractivity contribution in [3.8, 4) is 0 Å². The zero-order valence-electron chi connectivity index (χ0n) is 5.33. The van der Waals surface area contributed by atoms with Gasteiger partial charge in [0, 0.05) is 12.0 Å². The van der Waals surface area contributed by atoms with Gasteiger partial charge in [0.1, 0.15) is 0 Å². The number of thiol groups is 1. The molecule has 1 N–H and O–H groups in total. The second kappa shape index (κ2) is 4.11. The highest BCUT2D eigenvalue weighted by atomic mass is 32.1. The number of hydrogen-bond donors (Lipinski definition) is 2. The van der Waals surface area contributed by atoms with Crippen LogP contribution in [0.25, 0.3) is 0 Å². The molecule has 0 aliphatic rings. The lowest BCUT2D eigenvalue weighted by Crippen LogP contribution is -2.00. The zero-order valence-corrected chi connectivity index (χ0v) is 6.23. The summed E-state index contributed by atoms with van der Waals surface area (Å²) in [6.07, 6.45) is 0.311. The van der Waals surface area contributed by atoms with Crippen molar-refractivity contribution in [3.63, 3.8) is 0 Å². The maximum atomic E-state index is 10.2. The summed E-state index contributed by atoms with van der Waals surface area (Å²) in [5.74, 6) is -1.06. The predicted molar refractivity (Wildman–Crippen MR) is 40.0 cm³/mol. The topological polar surface area (TPSA) is 54.4 Å². The highest BCUT2D eigenvalue weighted by Gasteiger charge is 2.04. The highest BCUT2D eigenvalue weighted by molar-refractivity contribution is 7.96. The Morgan fingerprint density at radius 1 is 1.40 bits per heavy atom. The summed E-state index contributed by atoms with van der Waals surface area (Å²) in [5, 5.41) is 7.94. The molecule has 3 nitrogen and oxygen atoms in total. The Balaban J connectivity index is 3.60. The molecule has 0 radical (unpaired) electrons. The predicted octanol–water partition coefficient (Wildman–Crippen LogP) is 0.864. The number of carbonyl (C=O) groups excluding carboxylic acids is 1. The second-order valence-electron chi connectivity index (χ2n) is 1.80. The number of rotatable bonds is 4. The third-order valence-corrected chi connectivity index (χ3v) is 1.17. The van der Waals surface area contributed by atoms with Gasteiger partial charge in [-0.25, -0.2) is 4.79 Å². The molecule has 0 rings (SSSR count). The van der Waals surface area contributed by atoms with E-state index < -0.39 is 5.97 Å². The molecule has 0 amide bonds. The first-order valence-electron chi connectivity index (χ1n) is 2.67. The Kier molecular flexibility index (Phi) is 3.79. The minimum atomic E-state index is -1.06. The quantitative estimate of drug-likeness (QED) is 0.474. The summed E-state index contributed by atoms with van der Waals surface area (Å²) in [5.41, 5.74) is 0.0439. The first-order valence-corrected chi connectivity index (χ1v) is 3.11. The van der Waals surface area contributed by atoms with Crippen LogP contribution in [0.3, 0.4) is 0 Å². The van der Waals surface area contributed by atoms with Gasteiger partial charge < -0.3 is 5.11 Å². The van der Waals surface area contributed by atoms with Crippen LogP contribution in [0.1, 0.15) is 12.8 Å². The molecule has 4 heteroatoms. The van der Waals surface area contributed by atoms with Crippen molar-refractivity contribution < 1.29 is 14.7 Å². The molecule has 0 aliphatic heterocycles. The average Bonchev–Trinajstić information content (AvgIpc) is 1.82. The summed E-state index contributed by atoms with van der Waals surface area (Å²) in [6, 6.07) is 0. The molecule has 0 saturated carbocycles. The number of carboxylic acid groups (broad SMARTS) is 1. The van der Waals surface area contributed by atoms with Gasteiger partial charge in [-0.15, -0.1) is 12.6 Å². The van der Waals surface area contributed by atoms with Crippen LogP contribution in [0, 0.1) is 0 Å². The van der Waals surface area contributed by atoms with E-state index in [-0.39, 0.29) is 23.5 Å². The van der Waals surface area contributed by atoms with E-state index in [2.05, 4.69) is 19.2 Å². The molecule has 0 saturated heterocycles. The Morgan fingerprint density at radius 3 is 2.20 bits per heavy atom. The molecule has 0 aromatic rings. The van der Waals surface area contributed by atoms with Gasteiger partial charge >= 0.3 is 5.97 Å². The summed E-state index contributed by atoms with van der Waals surface area (Å²) in [4.78, 5) is 20.3. The minimum absolute atomic E-state index is 0.0439. The summed E-state index contributed by atoms with van der Waals surface area (Å²) < 4.78 is 0. The fraction of sp³-hybridized carbons (Fsp3) is 0.333. The fourth-order valence-electron chi connectivity index (χ4n) is 0.365. The lowest BCUT2D eigenvalue weighted by atomic mass is 10.2. The number of carboxylic acids is 1. The van der Waals surface area contributed by atoms with Crippen LogP contribution in [0.2, 0.25) is 0 Å². The Hall–Kier alpha value is -0.770. The lowest BCUT2D eigenvalue weighted by molar-refractivity contribution is -0.132. The molecule has 0 spiro atoms. The van der Waals surface area contributed by atoms with E-state index in [0.29, 0.717) is 0 Å². The van der Waals surface area contributed by atoms with Gasteiger partial charge in [-0.1, -0.05) is 6.58 Å². The molecule has 0 heterocycles. The third kappa shape index (κ3) is 4.14. The monoisotopic (exact) mass is 160 g/mol. The normalized spacial score (nSPS) is 8.90. The first-order chi connectivity index (χ1) is 4.54. The number of hydrogen-bond acceptors (Lipinski definition) is 2. The average molecular weight is 160 g/mol. The van der Waals surface area contributed by atoms with E-state index in [0.717, 1.165) is 0 Å². The molecule has 0 unspecified atom stereocenters. The van der Waals surface area contributed by atoms with Crippen LogP contribution >= 0.6 is 12.6 Å². The first kappa shape index (κ1) is 9.23. The van der Waals surface area contributed by atoms with Gasteiger partial charge in [0.2, 0.25) is 0 Å². The molecule has 56 valence electrons. The van der Waals surface area contributed by atoms with Gasteiger partial charge in [-0.05, 0) is 6.42 Å². The second-order valence-corrected chi connectivity index (χ2v) is 2.30. The van der Waals surface area contributed by atoms with Crippen LogP contribution in [0.15, 0.2) is 12.2 Å². The Labute approximate surface area is 64.1 Å². The zero-order chi connectivity index (χ0) is 8.15. The summed E-state index contributed by atoms with van der Waals surface area (Å²) in [6.45, 7) is 3.24. The Morgan fingerprint density at radius 2 is 1.90 bits per heavy atom. The Bertz CT molecular complexity index is 174. The fourth-order valence-corrected chi connectivity index (χ4v) is 0.477. The van der Waals surface area contributed by atoms with E-state index in [1.54, 1.807) is 0 Å². The van der Waals surface area contributed by atoms with Crippen LogP contribution in [0.4, 0.5) is 0 Å². The van der Waals surface area contributed by atoms with E-state index in [4.69, 9.17) is 5.11 Å².